The lowest BCUT2D eigenvalue weighted by Gasteiger charge is -1.99. The number of aromatic amines is 1. The van der Waals surface area contributed by atoms with E-state index in [1.165, 1.54) is 0 Å². The standard InChI is InChI=1S/C12H12N2O2/c1-8-4-2-3-5-10(8)11-6-9(13-14-11)7-12(15)16/h2-6H,7H2,1H3,(H,13,14)(H,15,16). The number of H-pyrrole nitrogens is 1. The Kier molecular flexibility index (Phi) is 2.72. The van der Waals surface area contributed by atoms with Crippen molar-refractivity contribution in [3.8, 4) is 11.3 Å². The molecule has 1 aromatic heterocycles. The number of benzene rings is 1. The molecule has 0 atom stereocenters. The fraction of sp³-hybridized carbons (Fsp3) is 0.167. The maximum absolute atomic E-state index is 10.5. The summed E-state index contributed by atoms with van der Waals surface area (Å²) in [6.45, 7) is 2.00. The molecule has 0 amide bonds. The van der Waals surface area contributed by atoms with Gasteiger partial charge in [-0.3, -0.25) is 9.89 Å². The highest BCUT2D eigenvalue weighted by Crippen LogP contribution is 2.21. The molecule has 0 radical (unpaired) electrons. The summed E-state index contributed by atoms with van der Waals surface area (Å²) in [5.41, 5.74) is 3.55. The summed E-state index contributed by atoms with van der Waals surface area (Å²) >= 11 is 0. The summed E-state index contributed by atoms with van der Waals surface area (Å²) in [4.78, 5) is 10.5. The highest BCUT2D eigenvalue weighted by Gasteiger charge is 2.08. The quantitative estimate of drug-likeness (QED) is 0.824. The first-order valence-corrected chi connectivity index (χ1v) is 4.99. The number of aryl methyl sites for hydroxylation is 1. The van der Waals surface area contributed by atoms with Crippen molar-refractivity contribution in [1.82, 2.24) is 10.2 Å². The van der Waals surface area contributed by atoms with E-state index in [1.807, 2.05) is 31.2 Å². The SMILES string of the molecule is Cc1ccccc1-c1cc(CC(=O)O)[nH]n1. The number of aliphatic carboxylic acids is 1. The number of carboxylic acid groups (broad SMARTS) is 1. The Morgan fingerprint density at radius 2 is 2.19 bits per heavy atom. The van der Waals surface area contributed by atoms with Gasteiger partial charge in [-0.1, -0.05) is 24.3 Å². The Balaban J connectivity index is 2.32. The number of rotatable bonds is 3. The number of nitrogens with zero attached hydrogens (tertiary/aromatic N) is 1. The number of nitrogens with one attached hydrogen (secondary N) is 1. The molecule has 2 N–H and O–H groups in total. The lowest BCUT2D eigenvalue weighted by Crippen LogP contribution is -1.99. The van der Waals surface area contributed by atoms with Crippen LogP contribution in [0.15, 0.2) is 30.3 Å². The molecule has 0 aliphatic carbocycles. The smallest absolute Gasteiger partial charge is 0.309 e. The normalized spacial score (nSPS) is 10.3. The minimum absolute atomic E-state index is 0.0289. The largest absolute Gasteiger partial charge is 0.481 e. The minimum atomic E-state index is -0.861. The molecule has 0 unspecified atom stereocenters. The molecule has 82 valence electrons. The molecule has 0 saturated heterocycles. The second-order valence-corrected chi connectivity index (χ2v) is 3.66. The van der Waals surface area contributed by atoms with Crippen LogP contribution in [0.2, 0.25) is 0 Å². The summed E-state index contributed by atoms with van der Waals surface area (Å²) in [7, 11) is 0. The zero-order chi connectivity index (χ0) is 11.5. The molecule has 4 nitrogen and oxygen atoms in total. The predicted octanol–water partition coefficient (Wildman–Crippen LogP) is 2.01. The van der Waals surface area contributed by atoms with Crippen LogP contribution < -0.4 is 0 Å². The Hall–Kier alpha value is -2.10. The Morgan fingerprint density at radius 3 is 2.88 bits per heavy atom. The fourth-order valence-corrected chi connectivity index (χ4v) is 1.61. The summed E-state index contributed by atoms with van der Waals surface area (Å²) in [5, 5.41) is 15.5. The van der Waals surface area contributed by atoms with Crippen molar-refractivity contribution in [3.05, 3.63) is 41.6 Å². The third-order valence-corrected chi connectivity index (χ3v) is 2.39. The lowest BCUT2D eigenvalue weighted by molar-refractivity contribution is -0.136. The van der Waals surface area contributed by atoms with Crippen LogP contribution in [-0.4, -0.2) is 21.3 Å². The van der Waals surface area contributed by atoms with Gasteiger partial charge < -0.3 is 5.11 Å². The second kappa shape index (κ2) is 4.18. The first-order chi connectivity index (χ1) is 7.66. The van der Waals surface area contributed by atoms with Gasteiger partial charge >= 0.3 is 5.97 Å². The third kappa shape index (κ3) is 2.11. The number of hydrogen-bond donors (Lipinski definition) is 2. The van der Waals surface area contributed by atoms with Gasteiger partial charge in [-0.25, -0.2) is 0 Å². The van der Waals surface area contributed by atoms with Crippen LogP contribution in [0.1, 0.15) is 11.3 Å². The van der Waals surface area contributed by atoms with Gasteiger partial charge in [0.2, 0.25) is 0 Å². The Bertz CT molecular complexity index is 517. The minimum Gasteiger partial charge on any atom is -0.481 e. The number of aromatic nitrogens is 2. The molecule has 0 spiro atoms. The van der Waals surface area contributed by atoms with Crippen molar-refractivity contribution in [1.29, 1.82) is 0 Å². The summed E-state index contributed by atoms with van der Waals surface area (Å²) in [6.07, 6.45) is -0.0289. The zero-order valence-corrected chi connectivity index (χ0v) is 8.90. The van der Waals surface area contributed by atoms with Gasteiger partial charge in [0.25, 0.3) is 0 Å². The van der Waals surface area contributed by atoms with E-state index < -0.39 is 5.97 Å². The number of carbonyl (C=O) groups is 1. The molecule has 0 fully saturated rings. The number of hydrogen-bond acceptors (Lipinski definition) is 2. The topological polar surface area (TPSA) is 66.0 Å². The molecule has 0 saturated carbocycles. The summed E-state index contributed by atoms with van der Waals surface area (Å²) < 4.78 is 0. The van der Waals surface area contributed by atoms with Crippen molar-refractivity contribution >= 4 is 5.97 Å². The van der Waals surface area contributed by atoms with E-state index in [0.717, 1.165) is 16.8 Å². The van der Waals surface area contributed by atoms with Gasteiger partial charge in [0, 0.05) is 11.3 Å². The van der Waals surface area contributed by atoms with Crippen molar-refractivity contribution in [2.75, 3.05) is 0 Å². The van der Waals surface area contributed by atoms with Gasteiger partial charge in [-0.2, -0.15) is 5.10 Å². The van der Waals surface area contributed by atoms with Crippen molar-refractivity contribution in [2.45, 2.75) is 13.3 Å². The second-order valence-electron chi connectivity index (χ2n) is 3.66. The van der Waals surface area contributed by atoms with Crippen molar-refractivity contribution < 1.29 is 9.90 Å². The van der Waals surface area contributed by atoms with E-state index in [-0.39, 0.29) is 6.42 Å². The van der Waals surface area contributed by atoms with Crippen LogP contribution in [0.3, 0.4) is 0 Å². The third-order valence-electron chi connectivity index (χ3n) is 2.39. The van der Waals surface area contributed by atoms with Gasteiger partial charge in [-0.15, -0.1) is 0 Å². The molecule has 1 heterocycles. The van der Waals surface area contributed by atoms with E-state index in [9.17, 15) is 4.79 Å². The monoisotopic (exact) mass is 216 g/mol. The van der Waals surface area contributed by atoms with Crippen LogP contribution in [0.25, 0.3) is 11.3 Å². The predicted molar refractivity (Wildman–Crippen MR) is 60.1 cm³/mol. The summed E-state index contributed by atoms with van der Waals surface area (Å²) in [5.74, 6) is -0.861. The molecular weight excluding hydrogens is 204 g/mol. The fourth-order valence-electron chi connectivity index (χ4n) is 1.61. The van der Waals surface area contributed by atoms with Crippen LogP contribution in [-0.2, 0) is 11.2 Å². The molecule has 2 rings (SSSR count). The summed E-state index contributed by atoms with van der Waals surface area (Å²) in [6, 6.07) is 9.64. The number of carboxylic acids is 1. The van der Waals surface area contributed by atoms with Gasteiger partial charge in [0.1, 0.15) is 0 Å². The van der Waals surface area contributed by atoms with Crippen molar-refractivity contribution in [2.24, 2.45) is 0 Å². The van der Waals surface area contributed by atoms with E-state index in [4.69, 9.17) is 5.11 Å². The van der Waals surface area contributed by atoms with Crippen LogP contribution >= 0.6 is 0 Å². The molecule has 2 aromatic rings. The van der Waals surface area contributed by atoms with Crippen LogP contribution in [0.4, 0.5) is 0 Å². The molecule has 4 heteroatoms. The molecular formula is C12H12N2O2. The molecule has 0 bridgehead atoms. The maximum atomic E-state index is 10.5. The van der Waals surface area contributed by atoms with Gasteiger partial charge in [-0.05, 0) is 18.6 Å². The lowest BCUT2D eigenvalue weighted by atomic mass is 10.1. The van der Waals surface area contributed by atoms with Gasteiger partial charge in [0.15, 0.2) is 0 Å². The maximum Gasteiger partial charge on any atom is 0.309 e. The van der Waals surface area contributed by atoms with E-state index in [1.54, 1.807) is 6.07 Å². The van der Waals surface area contributed by atoms with E-state index in [2.05, 4.69) is 10.2 Å². The van der Waals surface area contributed by atoms with Crippen LogP contribution in [0.5, 0.6) is 0 Å². The van der Waals surface area contributed by atoms with E-state index >= 15 is 0 Å². The molecule has 16 heavy (non-hydrogen) atoms. The molecule has 0 aliphatic rings. The highest BCUT2D eigenvalue weighted by molar-refractivity contribution is 5.71. The zero-order valence-electron chi connectivity index (χ0n) is 8.90. The first-order valence-electron chi connectivity index (χ1n) is 4.99. The van der Waals surface area contributed by atoms with Crippen LogP contribution in [0, 0.1) is 6.92 Å². The van der Waals surface area contributed by atoms with Crippen molar-refractivity contribution in [3.63, 3.8) is 0 Å². The highest BCUT2D eigenvalue weighted by atomic mass is 16.4. The van der Waals surface area contributed by atoms with Gasteiger partial charge in [0.05, 0.1) is 12.1 Å². The van der Waals surface area contributed by atoms with E-state index in [0.29, 0.717) is 5.69 Å². The Morgan fingerprint density at radius 1 is 1.44 bits per heavy atom. The molecule has 1 aromatic carbocycles. The Labute approximate surface area is 92.9 Å². The average molecular weight is 216 g/mol. The first kappa shape index (κ1) is 10.4. The molecule has 0 aliphatic heterocycles. The average Bonchev–Trinajstić information content (AvgIpc) is 2.66.